The maximum absolute atomic E-state index is 12.5. The van der Waals surface area contributed by atoms with Gasteiger partial charge in [0.15, 0.2) is 0 Å². The highest BCUT2D eigenvalue weighted by atomic mass is 16.5. The quantitative estimate of drug-likeness (QED) is 0.0418. The van der Waals surface area contributed by atoms with Crippen molar-refractivity contribution in [1.82, 2.24) is 5.32 Å². The Balaban J connectivity index is 3.38. The highest BCUT2D eigenvalue weighted by Crippen LogP contribution is 2.18. The maximum Gasteiger partial charge on any atom is 0.305 e. The third-order valence-electron chi connectivity index (χ3n) is 13.4. The van der Waals surface area contributed by atoms with Crippen molar-refractivity contribution in [3.8, 4) is 0 Å². The predicted molar refractivity (Wildman–Crippen MR) is 269 cm³/mol. The third-order valence-corrected chi connectivity index (χ3v) is 13.4. The summed E-state index contributed by atoms with van der Waals surface area (Å²) < 4.78 is 5.47. The molecule has 1 amide bonds. The minimum Gasteiger partial charge on any atom is -0.466 e. The largest absolute Gasteiger partial charge is 0.466 e. The molecule has 0 rings (SSSR count). The van der Waals surface area contributed by atoms with E-state index < -0.39 is 12.1 Å². The van der Waals surface area contributed by atoms with Gasteiger partial charge in [0.1, 0.15) is 0 Å². The Morgan fingerprint density at radius 3 is 0.984 bits per heavy atom. The molecule has 0 saturated carbocycles. The number of carbonyl (C=O) groups excluding carboxylic acids is 2. The van der Waals surface area contributed by atoms with Gasteiger partial charge < -0.3 is 20.3 Å². The predicted octanol–water partition coefficient (Wildman–Crippen LogP) is 17.1. The van der Waals surface area contributed by atoms with Crippen molar-refractivity contribution in [2.45, 2.75) is 334 Å². The van der Waals surface area contributed by atoms with Gasteiger partial charge >= 0.3 is 5.97 Å². The summed E-state index contributed by atoms with van der Waals surface area (Å²) in [6, 6.07) is -0.541. The number of aliphatic hydroxyl groups is 2. The van der Waals surface area contributed by atoms with Gasteiger partial charge in [0.05, 0.1) is 25.4 Å². The first kappa shape index (κ1) is 60.9. The van der Waals surface area contributed by atoms with Gasteiger partial charge in [-0.15, -0.1) is 0 Å². The lowest BCUT2D eigenvalue weighted by molar-refractivity contribution is -0.143. The topological polar surface area (TPSA) is 95.9 Å². The van der Waals surface area contributed by atoms with Gasteiger partial charge in [-0.3, -0.25) is 9.59 Å². The molecule has 0 heterocycles. The minimum atomic E-state index is -0.664. The summed E-state index contributed by atoms with van der Waals surface area (Å²) in [7, 11) is 0. The van der Waals surface area contributed by atoms with Crippen LogP contribution in [0.4, 0.5) is 0 Å². The van der Waals surface area contributed by atoms with Gasteiger partial charge in [-0.05, 0) is 25.7 Å². The van der Waals surface area contributed by atoms with Crippen LogP contribution >= 0.6 is 0 Å². The second-order valence-corrected chi connectivity index (χ2v) is 19.6. The van der Waals surface area contributed by atoms with E-state index in [1.54, 1.807) is 0 Å². The molecule has 0 aromatic heterocycles. The van der Waals surface area contributed by atoms with E-state index in [2.05, 4.69) is 19.2 Å². The molecule has 2 atom stereocenters. The molecule has 0 radical (unpaired) electrons. The van der Waals surface area contributed by atoms with Gasteiger partial charge in [0, 0.05) is 12.8 Å². The molecule has 6 nitrogen and oxygen atoms in total. The highest BCUT2D eigenvalue weighted by Gasteiger charge is 2.20. The number of esters is 1. The zero-order chi connectivity index (χ0) is 45.1. The van der Waals surface area contributed by atoms with Gasteiger partial charge in [-0.1, -0.05) is 284 Å². The van der Waals surface area contributed by atoms with E-state index in [4.69, 9.17) is 4.74 Å². The molecular weight excluding hydrogens is 767 g/mol. The van der Waals surface area contributed by atoms with Crippen LogP contribution in [-0.4, -0.2) is 47.4 Å². The van der Waals surface area contributed by atoms with E-state index >= 15 is 0 Å². The number of nitrogens with one attached hydrogen (secondary N) is 1. The summed E-state index contributed by atoms with van der Waals surface area (Å²) >= 11 is 0. The van der Waals surface area contributed by atoms with E-state index in [1.807, 2.05) is 0 Å². The van der Waals surface area contributed by atoms with E-state index in [0.29, 0.717) is 25.9 Å². The van der Waals surface area contributed by atoms with Gasteiger partial charge in [0.25, 0.3) is 0 Å². The van der Waals surface area contributed by atoms with Crippen LogP contribution in [0.1, 0.15) is 322 Å². The molecule has 0 bridgehead atoms. The molecule has 62 heavy (non-hydrogen) atoms. The highest BCUT2D eigenvalue weighted by molar-refractivity contribution is 5.76. The zero-order valence-electron chi connectivity index (χ0n) is 42.1. The van der Waals surface area contributed by atoms with Crippen molar-refractivity contribution in [2.24, 2.45) is 0 Å². The van der Waals surface area contributed by atoms with E-state index in [1.165, 1.54) is 250 Å². The number of ether oxygens (including phenoxy) is 1. The molecule has 0 aromatic rings. The molecule has 0 saturated heterocycles. The van der Waals surface area contributed by atoms with Gasteiger partial charge in [-0.2, -0.15) is 0 Å². The van der Waals surface area contributed by atoms with Crippen molar-refractivity contribution in [2.75, 3.05) is 13.2 Å². The van der Waals surface area contributed by atoms with Crippen LogP contribution in [0.15, 0.2) is 0 Å². The normalized spacial score (nSPS) is 12.5. The van der Waals surface area contributed by atoms with Crippen LogP contribution in [0.2, 0.25) is 0 Å². The van der Waals surface area contributed by atoms with E-state index in [9.17, 15) is 19.8 Å². The Bertz CT molecular complexity index is 882. The van der Waals surface area contributed by atoms with Crippen LogP contribution in [-0.2, 0) is 14.3 Å². The number of carbonyl (C=O) groups is 2. The summed E-state index contributed by atoms with van der Waals surface area (Å²) in [5, 5.41) is 23.2. The third kappa shape index (κ3) is 48.3. The first-order valence-corrected chi connectivity index (χ1v) is 28.3. The summed E-state index contributed by atoms with van der Waals surface area (Å²) in [6.07, 6.45) is 59.4. The molecule has 3 N–H and O–H groups in total. The van der Waals surface area contributed by atoms with Crippen molar-refractivity contribution in [3.05, 3.63) is 0 Å². The van der Waals surface area contributed by atoms with Gasteiger partial charge in [-0.25, -0.2) is 0 Å². The Kier molecular flexibility index (Phi) is 51.5. The number of aliphatic hydroxyl groups excluding tert-OH is 2. The van der Waals surface area contributed by atoms with Crippen molar-refractivity contribution in [3.63, 3.8) is 0 Å². The van der Waals surface area contributed by atoms with Crippen molar-refractivity contribution < 1.29 is 24.5 Å². The number of rotatable bonds is 53. The smallest absolute Gasteiger partial charge is 0.305 e. The maximum atomic E-state index is 12.5. The average Bonchev–Trinajstić information content (AvgIpc) is 3.27. The standard InChI is InChI=1S/C56H111NO5/c1-3-5-7-9-11-13-15-17-25-28-32-36-40-44-48-54(59)53(52-58)57-55(60)49-45-41-37-33-29-26-23-21-19-18-20-22-24-27-31-35-39-43-47-51-62-56(61)50-46-42-38-34-30-16-14-12-10-8-6-4-2/h53-54,58-59H,3-52H2,1-2H3,(H,57,60). The lowest BCUT2D eigenvalue weighted by atomic mass is 10.0. The van der Waals surface area contributed by atoms with Crippen LogP contribution < -0.4 is 5.32 Å². The van der Waals surface area contributed by atoms with Crippen molar-refractivity contribution in [1.29, 1.82) is 0 Å². The molecule has 0 fully saturated rings. The van der Waals surface area contributed by atoms with Crippen LogP contribution in [0, 0.1) is 0 Å². The lowest BCUT2D eigenvalue weighted by Gasteiger charge is -2.22. The fourth-order valence-electron chi connectivity index (χ4n) is 9.05. The van der Waals surface area contributed by atoms with Gasteiger partial charge in [0.2, 0.25) is 5.91 Å². The molecule has 0 aromatic carbocycles. The molecular formula is C56H111NO5. The Morgan fingerprint density at radius 2 is 0.661 bits per heavy atom. The number of hydrogen-bond acceptors (Lipinski definition) is 5. The Hall–Kier alpha value is -1.14. The zero-order valence-corrected chi connectivity index (χ0v) is 42.1. The average molecular weight is 879 g/mol. The molecule has 370 valence electrons. The summed E-state index contributed by atoms with van der Waals surface area (Å²) in [5.41, 5.74) is 0. The summed E-state index contributed by atoms with van der Waals surface area (Å²) in [6.45, 7) is 4.96. The minimum absolute atomic E-state index is 0.0105. The van der Waals surface area contributed by atoms with Crippen LogP contribution in [0.3, 0.4) is 0 Å². The Morgan fingerprint density at radius 1 is 0.387 bits per heavy atom. The fourth-order valence-corrected chi connectivity index (χ4v) is 9.05. The molecule has 2 unspecified atom stereocenters. The lowest BCUT2D eigenvalue weighted by Crippen LogP contribution is -2.45. The number of hydrogen-bond donors (Lipinski definition) is 3. The number of amides is 1. The monoisotopic (exact) mass is 878 g/mol. The number of unbranched alkanes of at least 4 members (excludes halogenated alkanes) is 42. The SMILES string of the molecule is CCCCCCCCCCCCCCCCC(O)C(CO)NC(=O)CCCCCCCCCCCCCCCCCCCCCOC(=O)CCCCCCCCCCCCCC. The molecule has 6 heteroatoms. The fraction of sp³-hybridized carbons (Fsp3) is 0.964. The molecule has 0 aliphatic carbocycles. The van der Waals surface area contributed by atoms with Crippen LogP contribution in [0.5, 0.6) is 0 Å². The molecule has 0 aliphatic heterocycles. The molecule has 0 aliphatic rings. The molecule has 0 spiro atoms. The van der Waals surface area contributed by atoms with E-state index in [-0.39, 0.29) is 18.5 Å². The Labute approximate surface area is 387 Å². The first-order valence-electron chi connectivity index (χ1n) is 28.3. The van der Waals surface area contributed by atoms with E-state index in [0.717, 1.165) is 38.5 Å². The second kappa shape index (κ2) is 52.5. The van der Waals surface area contributed by atoms with Crippen molar-refractivity contribution >= 4 is 11.9 Å². The summed E-state index contributed by atoms with van der Waals surface area (Å²) in [4.78, 5) is 24.5. The summed E-state index contributed by atoms with van der Waals surface area (Å²) in [5.74, 6) is -0.0252. The first-order chi connectivity index (χ1) is 30.5. The second-order valence-electron chi connectivity index (χ2n) is 19.6. The van der Waals surface area contributed by atoms with Crippen LogP contribution in [0.25, 0.3) is 0 Å².